The SMILES string of the molecule is CCc1cccc(CC)c1NC(=O)C(=O)Nc1ccccc1Cl. The maximum Gasteiger partial charge on any atom is 0.314 e. The smallest absolute Gasteiger partial charge is 0.314 e. The number of nitrogens with one attached hydrogen (secondary N) is 2. The first-order valence-electron chi connectivity index (χ1n) is 7.54. The van der Waals surface area contributed by atoms with Crippen molar-refractivity contribution in [1.82, 2.24) is 0 Å². The second kappa shape index (κ2) is 7.79. The van der Waals surface area contributed by atoms with Crippen LogP contribution in [0, 0.1) is 0 Å². The molecule has 0 aliphatic rings. The Labute approximate surface area is 140 Å². The Morgan fingerprint density at radius 1 is 0.870 bits per heavy atom. The second-order valence-corrected chi connectivity index (χ2v) is 5.45. The van der Waals surface area contributed by atoms with Gasteiger partial charge in [0.2, 0.25) is 0 Å². The number of halogens is 1. The quantitative estimate of drug-likeness (QED) is 0.831. The van der Waals surface area contributed by atoms with E-state index in [9.17, 15) is 9.59 Å². The Hall–Kier alpha value is -2.33. The standard InChI is InChI=1S/C18H19ClN2O2/c1-3-12-8-7-9-13(4-2)16(12)21-18(23)17(22)20-15-11-6-5-10-14(15)19/h5-11H,3-4H2,1-2H3,(H,20,22)(H,21,23). The lowest BCUT2D eigenvalue weighted by atomic mass is 10.0. The van der Waals surface area contributed by atoms with Crippen LogP contribution in [0.25, 0.3) is 0 Å². The summed E-state index contributed by atoms with van der Waals surface area (Å²) in [5.41, 5.74) is 3.14. The summed E-state index contributed by atoms with van der Waals surface area (Å²) in [5.74, 6) is -1.45. The van der Waals surface area contributed by atoms with Crippen molar-refractivity contribution in [2.24, 2.45) is 0 Å². The van der Waals surface area contributed by atoms with E-state index < -0.39 is 11.8 Å². The van der Waals surface area contributed by atoms with E-state index in [0.29, 0.717) is 10.7 Å². The van der Waals surface area contributed by atoms with E-state index in [1.165, 1.54) is 0 Å². The van der Waals surface area contributed by atoms with Gasteiger partial charge in [-0.3, -0.25) is 9.59 Å². The number of anilines is 2. The topological polar surface area (TPSA) is 58.2 Å². The van der Waals surface area contributed by atoms with Crippen LogP contribution in [0.3, 0.4) is 0 Å². The van der Waals surface area contributed by atoms with Crippen LogP contribution in [-0.2, 0) is 22.4 Å². The largest absolute Gasteiger partial charge is 0.317 e. The molecule has 120 valence electrons. The van der Waals surface area contributed by atoms with Gasteiger partial charge in [-0.05, 0) is 36.1 Å². The van der Waals surface area contributed by atoms with E-state index in [2.05, 4.69) is 10.6 Å². The lowest BCUT2D eigenvalue weighted by Crippen LogP contribution is -2.30. The van der Waals surface area contributed by atoms with Gasteiger partial charge in [0.1, 0.15) is 0 Å². The Bertz CT molecular complexity index is 706. The van der Waals surface area contributed by atoms with Crippen molar-refractivity contribution < 1.29 is 9.59 Å². The van der Waals surface area contributed by atoms with E-state index in [0.717, 1.165) is 29.7 Å². The first-order chi connectivity index (χ1) is 11.1. The second-order valence-electron chi connectivity index (χ2n) is 5.05. The van der Waals surface area contributed by atoms with Crippen LogP contribution in [0.2, 0.25) is 5.02 Å². The molecule has 4 nitrogen and oxygen atoms in total. The number of carbonyl (C=O) groups excluding carboxylic acids is 2. The first kappa shape index (κ1) is 17.0. The molecule has 2 rings (SSSR count). The molecule has 2 amide bonds. The van der Waals surface area contributed by atoms with Gasteiger partial charge in [-0.15, -0.1) is 0 Å². The molecule has 0 aliphatic heterocycles. The number of hydrogen-bond acceptors (Lipinski definition) is 2. The maximum absolute atomic E-state index is 12.2. The van der Waals surface area contributed by atoms with Crippen molar-refractivity contribution in [2.75, 3.05) is 10.6 Å². The van der Waals surface area contributed by atoms with Gasteiger partial charge in [-0.25, -0.2) is 0 Å². The van der Waals surface area contributed by atoms with Crippen LogP contribution in [0.4, 0.5) is 11.4 Å². The van der Waals surface area contributed by atoms with Gasteiger partial charge in [-0.1, -0.05) is 55.8 Å². The maximum atomic E-state index is 12.2. The summed E-state index contributed by atoms with van der Waals surface area (Å²) in [6.07, 6.45) is 1.55. The van der Waals surface area contributed by atoms with Gasteiger partial charge in [0.25, 0.3) is 0 Å². The molecular formula is C18H19ClN2O2. The Morgan fingerprint density at radius 3 is 2.00 bits per heavy atom. The Balaban J connectivity index is 2.16. The van der Waals surface area contributed by atoms with Crippen molar-refractivity contribution in [3.63, 3.8) is 0 Å². The van der Waals surface area contributed by atoms with Gasteiger partial charge in [0.05, 0.1) is 10.7 Å². The zero-order chi connectivity index (χ0) is 16.8. The summed E-state index contributed by atoms with van der Waals surface area (Å²) in [7, 11) is 0. The van der Waals surface area contributed by atoms with Gasteiger partial charge in [-0.2, -0.15) is 0 Å². The minimum Gasteiger partial charge on any atom is -0.317 e. The van der Waals surface area contributed by atoms with Gasteiger partial charge < -0.3 is 10.6 Å². The number of carbonyl (C=O) groups is 2. The summed E-state index contributed by atoms with van der Waals surface area (Å²) in [4.78, 5) is 24.3. The summed E-state index contributed by atoms with van der Waals surface area (Å²) in [6.45, 7) is 4.02. The molecule has 0 bridgehead atoms. The molecule has 0 unspecified atom stereocenters. The van der Waals surface area contributed by atoms with Crippen molar-refractivity contribution in [3.8, 4) is 0 Å². The summed E-state index contributed by atoms with van der Waals surface area (Å²) >= 11 is 5.98. The lowest BCUT2D eigenvalue weighted by Gasteiger charge is -2.14. The van der Waals surface area contributed by atoms with Gasteiger partial charge in [0, 0.05) is 5.69 Å². The molecule has 23 heavy (non-hydrogen) atoms. The minimum absolute atomic E-state index is 0.386. The minimum atomic E-state index is -0.744. The fraction of sp³-hybridized carbons (Fsp3) is 0.222. The number of amides is 2. The lowest BCUT2D eigenvalue weighted by molar-refractivity contribution is -0.133. The van der Waals surface area contributed by atoms with E-state index in [4.69, 9.17) is 11.6 Å². The number of aryl methyl sites for hydroxylation is 2. The van der Waals surface area contributed by atoms with Gasteiger partial charge in [0.15, 0.2) is 0 Å². The molecule has 0 saturated heterocycles. The van der Waals surface area contributed by atoms with Crippen molar-refractivity contribution in [2.45, 2.75) is 26.7 Å². The molecule has 0 atom stereocenters. The average Bonchev–Trinajstić information content (AvgIpc) is 2.56. The summed E-state index contributed by atoms with van der Waals surface area (Å²) < 4.78 is 0. The van der Waals surface area contributed by atoms with Crippen molar-refractivity contribution in [3.05, 3.63) is 58.6 Å². The Kier molecular flexibility index (Phi) is 5.77. The van der Waals surface area contributed by atoms with Crippen LogP contribution in [0.1, 0.15) is 25.0 Å². The van der Waals surface area contributed by atoms with Crippen LogP contribution in [0.5, 0.6) is 0 Å². The monoisotopic (exact) mass is 330 g/mol. The number of benzene rings is 2. The molecule has 5 heteroatoms. The number of rotatable bonds is 4. The third-order valence-electron chi connectivity index (χ3n) is 3.57. The van der Waals surface area contributed by atoms with Crippen LogP contribution in [0.15, 0.2) is 42.5 Å². The van der Waals surface area contributed by atoms with E-state index in [1.54, 1.807) is 24.3 Å². The number of hydrogen-bond donors (Lipinski definition) is 2. The van der Waals surface area contributed by atoms with Crippen molar-refractivity contribution in [1.29, 1.82) is 0 Å². The van der Waals surface area contributed by atoms with Crippen molar-refractivity contribution >= 4 is 34.8 Å². The predicted octanol–water partition coefficient (Wildman–Crippen LogP) is 4.04. The zero-order valence-corrected chi connectivity index (χ0v) is 13.9. The van der Waals surface area contributed by atoms with E-state index in [-0.39, 0.29) is 0 Å². The summed E-state index contributed by atoms with van der Waals surface area (Å²) in [5, 5.41) is 5.63. The predicted molar refractivity (Wildman–Crippen MR) is 93.9 cm³/mol. The van der Waals surface area contributed by atoms with E-state index >= 15 is 0 Å². The third kappa shape index (κ3) is 4.11. The van der Waals surface area contributed by atoms with Crippen LogP contribution >= 0.6 is 11.6 Å². The highest BCUT2D eigenvalue weighted by Crippen LogP contribution is 2.23. The fourth-order valence-corrected chi connectivity index (χ4v) is 2.50. The molecule has 0 radical (unpaired) electrons. The highest BCUT2D eigenvalue weighted by atomic mass is 35.5. The average molecular weight is 331 g/mol. The molecule has 2 N–H and O–H groups in total. The van der Waals surface area contributed by atoms with E-state index in [1.807, 2.05) is 32.0 Å². The molecule has 2 aromatic rings. The highest BCUT2D eigenvalue weighted by Gasteiger charge is 2.17. The van der Waals surface area contributed by atoms with Crippen LogP contribution in [-0.4, -0.2) is 11.8 Å². The van der Waals surface area contributed by atoms with Gasteiger partial charge >= 0.3 is 11.8 Å². The molecule has 0 saturated carbocycles. The fourth-order valence-electron chi connectivity index (χ4n) is 2.32. The molecule has 2 aromatic carbocycles. The molecule has 0 heterocycles. The molecule has 0 fully saturated rings. The molecule has 0 aliphatic carbocycles. The molecular weight excluding hydrogens is 312 g/mol. The Morgan fingerprint density at radius 2 is 1.43 bits per heavy atom. The molecule has 0 aromatic heterocycles. The third-order valence-corrected chi connectivity index (χ3v) is 3.90. The number of para-hydroxylation sites is 2. The zero-order valence-electron chi connectivity index (χ0n) is 13.2. The van der Waals surface area contributed by atoms with Crippen LogP contribution < -0.4 is 10.6 Å². The first-order valence-corrected chi connectivity index (χ1v) is 7.92. The highest BCUT2D eigenvalue weighted by molar-refractivity contribution is 6.45. The normalized spacial score (nSPS) is 10.2. The summed E-state index contributed by atoms with van der Waals surface area (Å²) in [6, 6.07) is 12.6. The molecule has 0 spiro atoms.